The molecule has 0 saturated heterocycles. The van der Waals surface area contributed by atoms with E-state index in [-0.39, 0.29) is 11.1 Å². The van der Waals surface area contributed by atoms with Crippen molar-refractivity contribution >= 4 is 40.5 Å². The van der Waals surface area contributed by atoms with Gasteiger partial charge in [-0.15, -0.1) is 0 Å². The second-order valence-electron chi connectivity index (χ2n) is 8.51. The van der Waals surface area contributed by atoms with E-state index >= 15 is 0 Å². The van der Waals surface area contributed by atoms with Crippen LogP contribution in [0.2, 0.25) is 5.02 Å². The average molecular weight is 434 g/mol. The van der Waals surface area contributed by atoms with Crippen molar-refractivity contribution in [1.82, 2.24) is 0 Å². The summed E-state index contributed by atoms with van der Waals surface area (Å²) < 4.78 is 0. The van der Waals surface area contributed by atoms with Crippen LogP contribution in [0.15, 0.2) is 48.0 Å². The Morgan fingerprint density at radius 2 is 1.90 bits per heavy atom. The minimum absolute atomic E-state index is 0.00520. The maximum atomic E-state index is 12.7. The van der Waals surface area contributed by atoms with Gasteiger partial charge in [0.2, 0.25) is 0 Å². The lowest BCUT2D eigenvalue weighted by Crippen LogP contribution is -2.45. The molecule has 0 fully saturated rings. The van der Waals surface area contributed by atoms with E-state index in [4.69, 9.17) is 11.6 Å². The number of benzene rings is 2. The van der Waals surface area contributed by atoms with E-state index in [9.17, 15) is 10.1 Å². The van der Waals surface area contributed by atoms with Crippen molar-refractivity contribution in [3.8, 4) is 6.07 Å². The fraction of sp³-hybridized carbons (Fsp3) is 0.308. The van der Waals surface area contributed by atoms with E-state index in [1.54, 1.807) is 6.08 Å². The lowest BCUT2D eigenvalue weighted by atomic mass is 9.87. The van der Waals surface area contributed by atoms with Gasteiger partial charge < -0.3 is 10.2 Å². The van der Waals surface area contributed by atoms with Gasteiger partial charge in [0, 0.05) is 28.5 Å². The Morgan fingerprint density at radius 3 is 2.52 bits per heavy atom. The van der Waals surface area contributed by atoms with Crippen LogP contribution in [0.4, 0.5) is 11.4 Å². The number of rotatable bonds is 5. The van der Waals surface area contributed by atoms with Crippen LogP contribution in [0.1, 0.15) is 50.8 Å². The summed E-state index contributed by atoms with van der Waals surface area (Å²) >= 11 is 6.62. The SMILES string of the molecule is CCCN1c2cc(Cl)c(/C=C(\C#N)C(=O)Nc3ccc(C)cc3)cc2C(C)=CC1(C)C. The van der Waals surface area contributed by atoms with Gasteiger partial charge in [-0.2, -0.15) is 5.26 Å². The van der Waals surface area contributed by atoms with Crippen molar-refractivity contribution in [2.24, 2.45) is 0 Å². The van der Waals surface area contributed by atoms with E-state index < -0.39 is 5.91 Å². The second kappa shape index (κ2) is 8.99. The van der Waals surface area contributed by atoms with E-state index in [0.717, 1.165) is 35.4 Å². The topological polar surface area (TPSA) is 56.1 Å². The van der Waals surface area contributed by atoms with Gasteiger partial charge in [0.1, 0.15) is 11.6 Å². The number of fused-ring (bicyclic) bond motifs is 1. The highest BCUT2D eigenvalue weighted by Crippen LogP contribution is 2.41. The zero-order valence-corrected chi connectivity index (χ0v) is 19.5. The molecular weight excluding hydrogens is 406 g/mol. The van der Waals surface area contributed by atoms with Crippen molar-refractivity contribution in [3.63, 3.8) is 0 Å². The van der Waals surface area contributed by atoms with Gasteiger partial charge in [0.05, 0.1) is 5.54 Å². The molecule has 0 saturated carbocycles. The minimum atomic E-state index is -0.457. The largest absolute Gasteiger partial charge is 0.362 e. The number of anilines is 2. The van der Waals surface area contributed by atoms with E-state index in [2.05, 4.69) is 44.0 Å². The molecule has 2 aromatic carbocycles. The molecule has 1 heterocycles. The number of amides is 1. The van der Waals surface area contributed by atoms with Crippen molar-refractivity contribution < 1.29 is 4.79 Å². The van der Waals surface area contributed by atoms with Crippen LogP contribution >= 0.6 is 11.6 Å². The van der Waals surface area contributed by atoms with Crippen molar-refractivity contribution in [2.45, 2.75) is 46.6 Å². The van der Waals surface area contributed by atoms with Gasteiger partial charge in [0.15, 0.2) is 0 Å². The standard InChI is InChI=1S/C26H28ClN3O/c1-6-11-30-24-14-23(27)19(13-22(24)18(3)15-26(30,4)5)12-20(16-28)25(31)29-21-9-7-17(2)8-10-21/h7-10,12-15H,6,11H2,1-5H3,(H,29,31)/b20-12+. The predicted octanol–water partition coefficient (Wildman–Crippen LogP) is 6.61. The van der Waals surface area contributed by atoms with Crippen LogP contribution in [0.5, 0.6) is 0 Å². The molecule has 4 nitrogen and oxygen atoms in total. The summed E-state index contributed by atoms with van der Waals surface area (Å²) in [6.07, 6.45) is 4.83. The monoisotopic (exact) mass is 433 g/mol. The zero-order valence-electron chi connectivity index (χ0n) is 18.7. The first-order chi connectivity index (χ1) is 14.7. The summed E-state index contributed by atoms with van der Waals surface area (Å²) in [4.78, 5) is 15.0. The Hall–Kier alpha value is -3.03. The molecule has 0 unspecified atom stereocenters. The number of carbonyl (C=O) groups excluding carboxylic acids is 1. The Labute approximate surface area is 189 Å². The molecule has 0 radical (unpaired) electrons. The molecule has 0 aliphatic carbocycles. The molecule has 1 aliphatic heterocycles. The first-order valence-electron chi connectivity index (χ1n) is 10.5. The fourth-order valence-electron chi connectivity index (χ4n) is 4.00. The molecule has 160 valence electrons. The second-order valence-corrected chi connectivity index (χ2v) is 8.92. The molecular formula is C26H28ClN3O. The average Bonchev–Trinajstić information content (AvgIpc) is 2.71. The number of carbonyl (C=O) groups is 1. The van der Waals surface area contributed by atoms with Crippen LogP contribution in [-0.2, 0) is 4.79 Å². The number of aryl methyl sites for hydroxylation is 1. The van der Waals surface area contributed by atoms with Gasteiger partial charge >= 0.3 is 0 Å². The van der Waals surface area contributed by atoms with Crippen molar-refractivity contribution in [3.05, 3.63) is 69.8 Å². The summed E-state index contributed by atoms with van der Waals surface area (Å²) in [7, 11) is 0. The van der Waals surface area contributed by atoms with Gasteiger partial charge in [-0.3, -0.25) is 4.79 Å². The number of nitrogens with one attached hydrogen (secondary N) is 1. The van der Waals surface area contributed by atoms with Crippen molar-refractivity contribution in [2.75, 3.05) is 16.8 Å². The number of nitrogens with zero attached hydrogens (tertiary/aromatic N) is 2. The van der Waals surface area contributed by atoms with Gasteiger partial charge in [-0.1, -0.05) is 42.3 Å². The van der Waals surface area contributed by atoms with Crippen LogP contribution < -0.4 is 10.2 Å². The van der Waals surface area contributed by atoms with E-state index in [1.807, 2.05) is 49.4 Å². The molecule has 31 heavy (non-hydrogen) atoms. The third-order valence-electron chi connectivity index (χ3n) is 5.52. The van der Waals surface area contributed by atoms with Gasteiger partial charge in [-0.25, -0.2) is 0 Å². The quantitative estimate of drug-likeness (QED) is 0.426. The Morgan fingerprint density at radius 1 is 1.23 bits per heavy atom. The summed E-state index contributed by atoms with van der Waals surface area (Å²) in [5.74, 6) is -0.457. The number of hydrogen-bond donors (Lipinski definition) is 1. The van der Waals surface area contributed by atoms with Crippen LogP contribution in [-0.4, -0.2) is 18.0 Å². The number of hydrogen-bond acceptors (Lipinski definition) is 3. The van der Waals surface area contributed by atoms with Gasteiger partial charge in [0.25, 0.3) is 5.91 Å². The predicted molar refractivity (Wildman–Crippen MR) is 130 cm³/mol. The molecule has 0 spiro atoms. The Bertz CT molecular complexity index is 1100. The maximum Gasteiger partial charge on any atom is 0.266 e. The molecule has 1 amide bonds. The third-order valence-corrected chi connectivity index (χ3v) is 5.84. The number of halogens is 1. The molecule has 0 atom stereocenters. The first-order valence-corrected chi connectivity index (χ1v) is 10.8. The molecule has 0 bridgehead atoms. The highest BCUT2D eigenvalue weighted by molar-refractivity contribution is 6.32. The van der Waals surface area contributed by atoms with E-state index in [0.29, 0.717) is 16.3 Å². The summed E-state index contributed by atoms with van der Waals surface area (Å²) in [6.45, 7) is 11.5. The molecule has 2 aromatic rings. The first kappa shape index (κ1) is 22.7. The van der Waals surface area contributed by atoms with E-state index in [1.165, 1.54) is 0 Å². The smallest absolute Gasteiger partial charge is 0.266 e. The van der Waals surface area contributed by atoms with Crippen molar-refractivity contribution in [1.29, 1.82) is 5.26 Å². The highest BCUT2D eigenvalue weighted by atomic mass is 35.5. The zero-order chi connectivity index (χ0) is 22.8. The molecule has 3 rings (SSSR count). The lowest BCUT2D eigenvalue weighted by Gasteiger charge is -2.43. The van der Waals surface area contributed by atoms with Crippen LogP contribution in [0.25, 0.3) is 11.6 Å². The Kier molecular flexibility index (Phi) is 6.57. The Balaban J connectivity index is 1.98. The molecule has 0 aromatic heterocycles. The summed E-state index contributed by atoms with van der Waals surface area (Å²) in [5.41, 5.74) is 5.59. The number of nitriles is 1. The fourth-order valence-corrected chi connectivity index (χ4v) is 4.21. The molecule has 1 aliphatic rings. The summed E-state index contributed by atoms with van der Waals surface area (Å²) in [6, 6.07) is 13.4. The summed E-state index contributed by atoms with van der Waals surface area (Å²) in [5, 5.41) is 12.9. The maximum absolute atomic E-state index is 12.7. The lowest BCUT2D eigenvalue weighted by molar-refractivity contribution is -0.112. The molecule has 1 N–H and O–H groups in total. The van der Waals surface area contributed by atoms with Gasteiger partial charge in [-0.05, 0) is 75.6 Å². The normalized spacial score (nSPS) is 15.1. The number of allylic oxidation sites excluding steroid dienone is 1. The third kappa shape index (κ3) is 4.84. The minimum Gasteiger partial charge on any atom is -0.362 e. The van der Waals surface area contributed by atoms with Crippen LogP contribution in [0.3, 0.4) is 0 Å². The highest BCUT2D eigenvalue weighted by Gasteiger charge is 2.31. The molecule has 5 heteroatoms. The van der Waals surface area contributed by atoms with Crippen LogP contribution in [0, 0.1) is 18.3 Å².